The van der Waals surface area contributed by atoms with Crippen molar-refractivity contribution in [3.8, 4) is 11.1 Å². The van der Waals surface area contributed by atoms with Crippen molar-refractivity contribution in [2.45, 2.75) is 57.2 Å². The number of benzene rings is 6. The molecule has 270 valence electrons. The quantitative estimate of drug-likeness (QED) is 0.0695. The topological polar surface area (TPSA) is 6.48 Å². The Kier molecular flexibility index (Phi) is 10.9. The van der Waals surface area contributed by atoms with Crippen LogP contribution >= 0.6 is 15.9 Å². The Hall–Kier alpha value is -5.38. The number of para-hydroxylation sites is 3. The van der Waals surface area contributed by atoms with Crippen LogP contribution in [0.15, 0.2) is 176 Å². The fourth-order valence-electron chi connectivity index (χ4n) is 7.36. The van der Waals surface area contributed by atoms with E-state index in [0.29, 0.717) is 0 Å². The van der Waals surface area contributed by atoms with Gasteiger partial charge in [0.2, 0.25) is 0 Å². The Morgan fingerprint density at radius 3 is 1.65 bits per heavy atom. The zero-order chi connectivity index (χ0) is 37.7. The van der Waals surface area contributed by atoms with Crippen molar-refractivity contribution in [1.29, 1.82) is 0 Å². The van der Waals surface area contributed by atoms with Gasteiger partial charge in [0.1, 0.15) is 0 Å². The minimum absolute atomic E-state index is 0.00375. The van der Waals surface area contributed by atoms with Crippen molar-refractivity contribution in [2.75, 3.05) is 9.80 Å². The summed E-state index contributed by atoms with van der Waals surface area (Å²) in [5.74, 6) is 0. The highest BCUT2D eigenvalue weighted by Crippen LogP contribution is 2.51. The van der Waals surface area contributed by atoms with Crippen LogP contribution in [0.4, 0.5) is 28.4 Å². The molecule has 0 bridgehead atoms. The number of rotatable bonds is 12. The van der Waals surface area contributed by atoms with Crippen LogP contribution in [0.1, 0.15) is 69.7 Å². The minimum Gasteiger partial charge on any atom is -0.311 e. The second-order valence-corrected chi connectivity index (χ2v) is 17.3. The van der Waals surface area contributed by atoms with Gasteiger partial charge in [-0.2, -0.15) is 0 Å². The average Bonchev–Trinajstić information content (AvgIpc) is 3.41. The van der Waals surface area contributed by atoms with Crippen LogP contribution in [0.3, 0.4) is 0 Å². The van der Waals surface area contributed by atoms with E-state index in [4.69, 9.17) is 0 Å². The van der Waals surface area contributed by atoms with Crippen LogP contribution in [-0.4, -0.2) is 4.32 Å². The zero-order valence-corrected chi connectivity index (χ0v) is 33.6. The lowest BCUT2D eigenvalue weighted by molar-refractivity contribution is 0.660. The van der Waals surface area contributed by atoms with Gasteiger partial charge < -0.3 is 9.80 Å². The first-order valence-electron chi connectivity index (χ1n) is 19.0. The number of hydrogen-bond donors (Lipinski definition) is 0. The average molecular weight is 770 g/mol. The monoisotopic (exact) mass is 768 g/mol. The van der Waals surface area contributed by atoms with Gasteiger partial charge in [0.25, 0.3) is 0 Å². The predicted molar refractivity (Wildman–Crippen MR) is 238 cm³/mol. The van der Waals surface area contributed by atoms with Crippen LogP contribution in [0.2, 0.25) is 0 Å². The highest BCUT2D eigenvalue weighted by atomic mass is 79.9. The third-order valence-electron chi connectivity index (χ3n) is 10.2. The maximum absolute atomic E-state index is 3.87. The van der Waals surface area contributed by atoms with Crippen molar-refractivity contribution in [1.82, 2.24) is 0 Å². The van der Waals surface area contributed by atoms with Gasteiger partial charge in [-0.15, -0.1) is 0 Å². The third-order valence-corrected chi connectivity index (χ3v) is 10.5. The molecule has 0 spiro atoms. The fourth-order valence-corrected chi connectivity index (χ4v) is 7.52. The molecule has 0 unspecified atom stereocenters. The molecule has 0 radical (unpaired) electrons. The maximum Gasteiger partial charge on any atom is 0.0464 e. The molecule has 0 saturated carbocycles. The number of halogens is 1. The van der Waals surface area contributed by atoms with Crippen LogP contribution in [0.5, 0.6) is 0 Å². The minimum atomic E-state index is -0.159. The first-order chi connectivity index (χ1) is 26.1. The molecule has 0 fully saturated rings. The van der Waals surface area contributed by atoms with Crippen molar-refractivity contribution in [2.24, 2.45) is 0 Å². The molecule has 0 heterocycles. The van der Waals surface area contributed by atoms with Crippen molar-refractivity contribution >= 4 is 56.5 Å². The van der Waals surface area contributed by atoms with Crippen LogP contribution < -0.4 is 9.80 Å². The number of hydrogen-bond acceptors (Lipinski definition) is 2. The Labute approximate surface area is 331 Å². The summed E-state index contributed by atoms with van der Waals surface area (Å²) in [7, 11) is 0. The number of fused-ring (bicyclic) bond motifs is 3. The van der Waals surface area contributed by atoms with E-state index >= 15 is 0 Å². The molecule has 3 heteroatoms. The van der Waals surface area contributed by atoms with Gasteiger partial charge in [0, 0.05) is 43.9 Å². The van der Waals surface area contributed by atoms with Gasteiger partial charge >= 0.3 is 0 Å². The second-order valence-electron chi connectivity index (χ2n) is 15.1. The Morgan fingerprint density at radius 2 is 1.07 bits per heavy atom. The van der Waals surface area contributed by atoms with Crippen molar-refractivity contribution in [3.05, 3.63) is 198 Å². The van der Waals surface area contributed by atoms with E-state index in [1.54, 1.807) is 0 Å². The van der Waals surface area contributed by atoms with E-state index in [-0.39, 0.29) is 9.74 Å². The maximum atomic E-state index is 3.87. The number of nitrogens with zero attached hydrogens (tertiary/aromatic N) is 2. The molecule has 0 aliphatic heterocycles. The van der Waals surface area contributed by atoms with Gasteiger partial charge in [-0.25, -0.2) is 0 Å². The van der Waals surface area contributed by atoms with E-state index in [0.717, 1.165) is 41.2 Å². The van der Waals surface area contributed by atoms with Gasteiger partial charge in [-0.3, -0.25) is 0 Å². The zero-order valence-electron chi connectivity index (χ0n) is 32.0. The summed E-state index contributed by atoms with van der Waals surface area (Å²) in [4.78, 5) is 4.70. The largest absolute Gasteiger partial charge is 0.311 e. The summed E-state index contributed by atoms with van der Waals surface area (Å²) in [5.41, 5.74) is 14.5. The summed E-state index contributed by atoms with van der Waals surface area (Å²) in [5, 5.41) is 0. The highest BCUT2D eigenvalue weighted by molar-refractivity contribution is 9.10. The van der Waals surface area contributed by atoms with Gasteiger partial charge in [0.05, 0.1) is 0 Å². The molecule has 0 N–H and O–H groups in total. The highest BCUT2D eigenvalue weighted by Gasteiger charge is 2.36. The van der Waals surface area contributed by atoms with Gasteiger partial charge in [-0.05, 0) is 127 Å². The molecule has 7 rings (SSSR count). The van der Waals surface area contributed by atoms with Crippen molar-refractivity contribution in [3.63, 3.8) is 0 Å². The van der Waals surface area contributed by atoms with Crippen LogP contribution in [0, 0.1) is 0 Å². The normalized spacial score (nSPS) is 13.6. The Bertz CT molecular complexity index is 2240. The Balaban J connectivity index is 1.18. The molecular weight excluding hydrogens is 720 g/mol. The smallest absolute Gasteiger partial charge is 0.0464 e. The molecule has 54 heavy (non-hydrogen) atoms. The molecule has 0 atom stereocenters. The molecular formula is C51H49BrN2. The van der Waals surface area contributed by atoms with E-state index in [1.807, 2.05) is 0 Å². The molecule has 1 aliphatic carbocycles. The predicted octanol–water partition coefficient (Wildman–Crippen LogP) is 15.2. The van der Waals surface area contributed by atoms with Gasteiger partial charge in [0.15, 0.2) is 0 Å². The lowest BCUT2D eigenvalue weighted by atomic mass is 9.81. The van der Waals surface area contributed by atoms with Crippen molar-refractivity contribution < 1.29 is 0 Å². The van der Waals surface area contributed by atoms with E-state index in [2.05, 4.69) is 242 Å². The molecule has 0 saturated heterocycles. The summed E-state index contributed by atoms with van der Waals surface area (Å²) < 4.78 is 0.00375. The van der Waals surface area contributed by atoms with Crippen LogP contribution in [-0.2, 0) is 5.41 Å². The fraction of sp³-hybridized carbons (Fsp3) is 0.176. The van der Waals surface area contributed by atoms with Crippen LogP contribution in [0.25, 0.3) is 23.3 Å². The molecule has 2 nitrogen and oxygen atoms in total. The summed E-state index contributed by atoms with van der Waals surface area (Å²) in [6.07, 6.45) is 13.2. The molecule has 0 aromatic heterocycles. The molecule has 0 amide bonds. The first kappa shape index (κ1) is 37.0. The molecule has 6 aromatic carbocycles. The summed E-state index contributed by atoms with van der Waals surface area (Å²) in [6.45, 7) is 11.4. The lowest BCUT2D eigenvalue weighted by Crippen LogP contribution is -2.19. The Morgan fingerprint density at radius 1 is 0.593 bits per heavy atom. The number of anilines is 5. The van der Waals surface area contributed by atoms with E-state index < -0.39 is 0 Å². The lowest BCUT2D eigenvalue weighted by Gasteiger charge is -2.29. The number of allylic oxidation sites excluding steroid dienone is 3. The molecule has 1 aliphatic rings. The first-order valence-corrected chi connectivity index (χ1v) is 19.8. The summed E-state index contributed by atoms with van der Waals surface area (Å²) >= 11 is 3.87. The van der Waals surface area contributed by atoms with E-state index in [1.165, 1.54) is 39.2 Å². The number of alkyl halides is 1. The standard InChI is InChI=1S/C51H49BrN2/c1-6-7-17-43(34-35-50(2,3)52)54(42-22-15-10-16-23-42)45-31-33-47-46-32-28-39(36-48(46)51(4,5)49(47)37-45)25-24-38-26-29-44(30-27-38)53(40-18-11-8-12-19-40)41-20-13-9-14-21-41/h7-34,36-37H,6,35H2,1-5H3. The van der Waals surface area contributed by atoms with E-state index in [9.17, 15) is 0 Å². The second kappa shape index (κ2) is 15.9. The third kappa shape index (κ3) is 8.07. The summed E-state index contributed by atoms with van der Waals surface area (Å²) in [6, 6.07) is 54.6. The molecule has 6 aromatic rings. The SMILES string of the molecule is CCC=CC(=CCC(C)(C)Br)N(c1ccccc1)c1ccc2c(c1)C(C)(C)c1cc(C=Cc3ccc(N(c4ccccc4)c4ccccc4)cc3)ccc1-2. The van der Waals surface area contributed by atoms with Gasteiger partial charge in [-0.1, -0.05) is 152 Å².